The molecule has 0 fully saturated rings. The van der Waals surface area contributed by atoms with Gasteiger partial charge in [0.1, 0.15) is 12.2 Å². The largest absolute Gasteiger partial charge is 0.480 e. The minimum Gasteiger partial charge on any atom is -0.480 e. The van der Waals surface area contributed by atoms with E-state index in [1.54, 1.807) is 0 Å². The number of carbonyl (C=O) groups is 2. The Morgan fingerprint density at radius 2 is 1.66 bits per heavy atom. The zero-order valence-electron chi connectivity index (χ0n) is 16.2. The second-order valence-electron chi connectivity index (χ2n) is 7.52. The molecule has 0 aromatic heterocycles. The molecule has 2 aromatic carbocycles. The average Bonchev–Trinajstić information content (AvgIpc) is 2.70. The second kappa shape index (κ2) is 9.38. The van der Waals surface area contributed by atoms with E-state index in [2.05, 4.69) is 0 Å². The Morgan fingerprint density at radius 3 is 2.34 bits per heavy atom. The number of carboxylic acids is 1. The number of unbranched alkanes of at least 4 members (excludes halogenated alkanes) is 1. The van der Waals surface area contributed by atoms with Crippen molar-refractivity contribution < 1.29 is 24.2 Å². The third-order valence-electron chi connectivity index (χ3n) is 5.30. The van der Waals surface area contributed by atoms with Crippen molar-refractivity contribution in [3.05, 3.63) is 71.3 Å². The van der Waals surface area contributed by atoms with Crippen molar-refractivity contribution in [3.8, 4) is 0 Å². The van der Waals surface area contributed by atoms with E-state index in [0.29, 0.717) is 6.42 Å². The van der Waals surface area contributed by atoms with Crippen LogP contribution in [0.1, 0.15) is 29.5 Å². The number of hydrogen-bond acceptors (Lipinski definition) is 3. The third kappa shape index (κ3) is 5.78. The van der Waals surface area contributed by atoms with Crippen molar-refractivity contribution in [1.82, 2.24) is 4.90 Å². The molecular weight excluding hydrogens is 389 g/mol. The maximum atomic E-state index is 12.7. The first-order valence-electron chi connectivity index (χ1n) is 9.79. The molecule has 29 heavy (non-hydrogen) atoms. The smallest absolute Gasteiger partial charge is 0.326 e. The minimum absolute atomic E-state index is 0.0632. The molecule has 154 valence electrons. The van der Waals surface area contributed by atoms with Crippen LogP contribution in [-0.4, -0.2) is 45.1 Å². The quantitative estimate of drug-likeness (QED) is 0.510. The lowest BCUT2D eigenvalue weighted by molar-refractivity contribution is -0.150. The molecule has 1 aliphatic heterocycles. The summed E-state index contributed by atoms with van der Waals surface area (Å²) >= 11 is 0. The van der Waals surface area contributed by atoms with E-state index < -0.39 is 31.4 Å². The van der Waals surface area contributed by atoms with Gasteiger partial charge >= 0.3 is 5.97 Å². The molecule has 7 heteroatoms. The zero-order valence-corrected chi connectivity index (χ0v) is 17.1. The highest BCUT2D eigenvalue weighted by Gasteiger charge is 2.36. The number of carboxylic acid groups (broad SMARTS) is 1. The number of carbonyl (C=O) groups excluding carboxylic acids is 1. The number of aliphatic carboxylic acids is 1. The fourth-order valence-electron chi connectivity index (χ4n) is 3.72. The lowest BCUT2D eigenvalue weighted by Crippen LogP contribution is -2.49. The number of amides is 1. The van der Waals surface area contributed by atoms with E-state index in [1.807, 2.05) is 54.6 Å². The van der Waals surface area contributed by atoms with Gasteiger partial charge in [0.2, 0.25) is 13.3 Å². The van der Waals surface area contributed by atoms with Crippen LogP contribution in [-0.2, 0) is 33.5 Å². The topological polar surface area (TPSA) is 94.9 Å². The van der Waals surface area contributed by atoms with Crippen LogP contribution in [0, 0.1) is 0 Å². The molecule has 0 spiro atoms. The van der Waals surface area contributed by atoms with Crippen LogP contribution in [0.25, 0.3) is 0 Å². The summed E-state index contributed by atoms with van der Waals surface area (Å²) in [7, 11) is -3.66. The fourth-order valence-corrected chi connectivity index (χ4v) is 5.20. The predicted octanol–water partition coefficient (Wildman–Crippen LogP) is 3.32. The minimum atomic E-state index is -3.66. The summed E-state index contributed by atoms with van der Waals surface area (Å²) < 4.78 is 12.6. The van der Waals surface area contributed by atoms with Crippen molar-refractivity contribution >= 4 is 19.2 Å². The Balaban J connectivity index is 1.57. The maximum Gasteiger partial charge on any atom is 0.326 e. The van der Waals surface area contributed by atoms with Crippen LogP contribution in [0.2, 0.25) is 0 Å². The fraction of sp³-hybridized carbons (Fsp3) is 0.364. The zero-order chi connectivity index (χ0) is 20.9. The molecule has 1 aliphatic rings. The molecule has 3 rings (SSSR count). The van der Waals surface area contributed by atoms with Crippen molar-refractivity contribution in [2.24, 2.45) is 0 Å². The van der Waals surface area contributed by atoms with Crippen LogP contribution in [0.3, 0.4) is 0 Å². The van der Waals surface area contributed by atoms with E-state index in [9.17, 15) is 24.2 Å². The Morgan fingerprint density at radius 1 is 1.00 bits per heavy atom. The number of rotatable bonds is 8. The van der Waals surface area contributed by atoms with Gasteiger partial charge in [0.25, 0.3) is 0 Å². The second-order valence-corrected chi connectivity index (χ2v) is 9.98. The highest BCUT2D eigenvalue weighted by atomic mass is 31.2. The number of fused-ring (bicyclic) bond motifs is 1. The molecule has 6 nitrogen and oxygen atoms in total. The summed E-state index contributed by atoms with van der Waals surface area (Å²) in [6.07, 6.45) is 1.89. The lowest BCUT2D eigenvalue weighted by atomic mass is 9.94. The number of nitrogens with zero attached hydrogens (tertiary/aromatic N) is 1. The van der Waals surface area contributed by atoms with Gasteiger partial charge < -0.3 is 14.9 Å². The van der Waals surface area contributed by atoms with Crippen molar-refractivity contribution in [2.45, 2.75) is 38.3 Å². The molecule has 1 heterocycles. The molecule has 1 amide bonds. The molecule has 0 radical (unpaired) electrons. The lowest BCUT2D eigenvalue weighted by Gasteiger charge is -2.34. The van der Waals surface area contributed by atoms with Gasteiger partial charge in [-0.2, -0.15) is 0 Å². The third-order valence-corrected chi connectivity index (χ3v) is 7.08. The first-order chi connectivity index (χ1) is 13.9. The Kier molecular flexibility index (Phi) is 6.88. The summed E-state index contributed by atoms with van der Waals surface area (Å²) in [6.45, 7) is 0.153. The first kappa shape index (κ1) is 21.3. The molecule has 0 saturated carbocycles. The molecule has 0 aliphatic carbocycles. The van der Waals surface area contributed by atoms with Crippen LogP contribution in [0.4, 0.5) is 0 Å². The summed E-state index contributed by atoms with van der Waals surface area (Å²) in [6, 6.07) is 16.3. The van der Waals surface area contributed by atoms with Gasteiger partial charge in [0, 0.05) is 19.1 Å². The van der Waals surface area contributed by atoms with Crippen molar-refractivity contribution in [2.75, 3.05) is 12.3 Å². The molecule has 2 unspecified atom stereocenters. The number of aryl methyl sites for hydroxylation is 1. The summed E-state index contributed by atoms with van der Waals surface area (Å²) in [5, 5.41) is 9.54. The van der Waals surface area contributed by atoms with Crippen molar-refractivity contribution in [1.29, 1.82) is 0 Å². The maximum absolute atomic E-state index is 12.7. The number of benzene rings is 2. The van der Waals surface area contributed by atoms with Gasteiger partial charge in [-0.25, -0.2) is 4.79 Å². The average molecular weight is 415 g/mol. The molecular formula is C22H26NO5P. The highest BCUT2D eigenvalue weighted by molar-refractivity contribution is 7.58. The van der Waals surface area contributed by atoms with E-state index in [0.717, 1.165) is 24.0 Å². The molecule has 0 saturated heterocycles. The number of hydrogen-bond donors (Lipinski definition) is 2. The first-order valence-corrected chi connectivity index (χ1v) is 11.8. The van der Waals surface area contributed by atoms with Crippen LogP contribution >= 0.6 is 7.37 Å². The van der Waals surface area contributed by atoms with Gasteiger partial charge in [-0.3, -0.25) is 9.36 Å². The standard InChI is InChI=1S/C22H26NO5P/c24-21(16-29(27,28)13-7-6-10-17-8-2-1-3-9-17)23-15-19-12-5-4-11-18(19)14-20(23)22(25)26/h1-5,8-9,11-12,20H,6-7,10,13-16H2,(H,25,26)(H,27,28). The Hall–Kier alpha value is -2.43. The van der Waals surface area contributed by atoms with E-state index in [4.69, 9.17) is 0 Å². The van der Waals surface area contributed by atoms with Gasteiger partial charge in [-0.05, 0) is 36.0 Å². The molecule has 2 atom stereocenters. The van der Waals surface area contributed by atoms with Gasteiger partial charge in [-0.15, -0.1) is 0 Å². The Bertz CT molecular complexity index is 914. The summed E-state index contributed by atoms with van der Waals surface area (Å²) in [5.41, 5.74) is 2.96. The van der Waals surface area contributed by atoms with E-state index >= 15 is 0 Å². The monoisotopic (exact) mass is 415 g/mol. The molecule has 2 N–H and O–H groups in total. The van der Waals surface area contributed by atoms with Crippen LogP contribution in [0.5, 0.6) is 0 Å². The summed E-state index contributed by atoms with van der Waals surface area (Å²) in [4.78, 5) is 35.9. The van der Waals surface area contributed by atoms with E-state index in [1.165, 1.54) is 10.5 Å². The Labute approximate surface area is 170 Å². The molecule has 0 bridgehead atoms. The van der Waals surface area contributed by atoms with E-state index in [-0.39, 0.29) is 19.1 Å². The van der Waals surface area contributed by atoms with Gasteiger partial charge in [0.05, 0.1) is 0 Å². The van der Waals surface area contributed by atoms with Gasteiger partial charge in [0.15, 0.2) is 0 Å². The van der Waals surface area contributed by atoms with Crippen LogP contribution < -0.4 is 0 Å². The highest BCUT2D eigenvalue weighted by Crippen LogP contribution is 2.42. The predicted molar refractivity (Wildman–Crippen MR) is 111 cm³/mol. The van der Waals surface area contributed by atoms with Gasteiger partial charge in [-0.1, -0.05) is 54.6 Å². The SMILES string of the molecule is O=C(O)C1Cc2ccccc2CN1C(=O)CP(=O)(O)CCCCc1ccccc1. The van der Waals surface area contributed by atoms with Crippen molar-refractivity contribution in [3.63, 3.8) is 0 Å². The van der Waals surface area contributed by atoms with Crippen LogP contribution in [0.15, 0.2) is 54.6 Å². The normalized spacial score (nSPS) is 18.0. The molecule has 2 aromatic rings. The summed E-state index contributed by atoms with van der Waals surface area (Å²) in [5.74, 6) is -1.66.